The molecule has 0 atom stereocenters. The summed E-state index contributed by atoms with van der Waals surface area (Å²) in [4.78, 5) is 2.59. The van der Waals surface area contributed by atoms with Crippen molar-refractivity contribution in [1.82, 2.24) is 10.0 Å². The lowest BCUT2D eigenvalue weighted by atomic mass is 10.1. The first-order valence-electron chi connectivity index (χ1n) is 7.68. The molecular weight excluding hydrogens is 328 g/mol. The predicted octanol–water partition coefficient (Wildman–Crippen LogP) is 3.17. The van der Waals surface area contributed by atoms with Gasteiger partial charge in [-0.2, -0.15) is 0 Å². The Hall–Kier alpha value is -1.21. The minimum absolute atomic E-state index is 0.0150. The van der Waals surface area contributed by atoms with Gasteiger partial charge in [0.15, 0.2) is 0 Å². The van der Waals surface area contributed by atoms with Gasteiger partial charge in [0.2, 0.25) is 10.0 Å². The van der Waals surface area contributed by atoms with Crippen molar-refractivity contribution in [2.24, 2.45) is 0 Å². The van der Waals surface area contributed by atoms with E-state index in [1.54, 1.807) is 11.3 Å². The molecule has 0 aliphatic rings. The topological polar surface area (TPSA) is 58.2 Å². The molecule has 4 nitrogen and oxygen atoms in total. The maximum Gasteiger partial charge on any atom is 0.216 e. The van der Waals surface area contributed by atoms with E-state index in [1.165, 1.54) is 9.75 Å². The molecule has 0 aliphatic heterocycles. The average Bonchev–Trinajstić information content (AvgIpc) is 2.84. The van der Waals surface area contributed by atoms with Crippen molar-refractivity contribution in [1.29, 1.82) is 0 Å². The van der Waals surface area contributed by atoms with Crippen molar-refractivity contribution in [2.45, 2.75) is 45.7 Å². The summed E-state index contributed by atoms with van der Waals surface area (Å²) in [6.45, 7) is 7.20. The molecule has 0 aliphatic carbocycles. The van der Waals surface area contributed by atoms with Gasteiger partial charge in [0, 0.05) is 28.9 Å². The van der Waals surface area contributed by atoms with Gasteiger partial charge >= 0.3 is 0 Å². The molecule has 2 rings (SSSR count). The lowest BCUT2D eigenvalue weighted by Gasteiger charge is -2.13. The monoisotopic (exact) mass is 352 g/mol. The van der Waals surface area contributed by atoms with Crippen LogP contribution in [0, 0.1) is 6.92 Å². The fraction of sp³-hybridized carbons (Fsp3) is 0.412. The van der Waals surface area contributed by atoms with Gasteiger partial charge in [0.1, 0.15) is 0 Å². The standard InChI is InChI=1S/C17H24N2O2S2/c1-13(2)19-23(20,21)12-16-7-5-4-6-15(16)10-18-11-17-9-8-14(3)22-17/h4-9,13,18-19H,10-12H2,1-3H3. The van der Waals surface area contributed by atoms with Crippen LogP contribution in [0.2, 0.25) is 0 Å². The SMILES string of the molecule is Cc1ccc(CNCc2ccccc2CS(=O)(=O)NC(C)C)s1. The molecule has 0 unspecified atom stereocenters. The van der Waals surface area contributed by atoms with Gasteiger partial charge in [-0.05, 0) is 44.0 Å². The van der Waals surface area contributed by atoms with Gasteiger partial charge in [-0.1, -0.05) is 24.3 Å². The van der Waals surface area contributed by atoms with Gasteiger partial charge in [-0.25, -0.2) is 13.1 Å². The zero-order valence-corrected chi connectivity index (χ0v) is 15.4. The minimum Gasteiger partial charge on any atom is -0.308 e. The van der Waals surface area contributed by atoms with Crippen molar-refractivity contribution < 1.29 is 8.42 Å². The second-order valence-corrected chi connectivity index (χ2v) is 9.04. The summed E-state index contributed by atoms with van der Waals surface area (Å²) >= 11 is 1.78. The fourth-order valence-electron chi connectivity index (χ4n) is 2.38. The van der Waals surface area contributed by atoms with E-state index in [0.29, 0.717) is 6.54 Å². The van der Waals surface area contributed by atoms with Crippen LogP contribution >= 0.6 is 11.3 Å². The summed E-state index contributed by atoms with van der Waals surface area (Å²) in [5.74, 6) is 0.0150. The largest absolute Gasteiger partial charge is 0.308 e. The molecule has 23 heavy (non-hydrogen) atoms. The molecule has 1 aromatic heterocycles. The van der Waals surface area contributed by atoms with E-state index in [0.717, 1.165) is 17.7 Å². The minimum atomic E-state index is -3.31. The molecule has 6 heteroatoms. The first-order valence-corrected chi connectivity index (χ1v) is 10.2. The number of nitrogens with one attached hydrogen (secondary N) is 2. The second-order valence-electron chi connectivity index (χ2n) is 5.92. The van der Waals surface area contributed by atoms with Gasteiger partial charge < -0.3 is 5.32 Å². The Morgan fingerprint density at radius 2 is 1.74 bits per heavy atom. The third-order valence-corrected chi connectivity index (χ3v) is 5.81. The average molecular weight is 353 g/mol. The molecule has 0 radical (unpaired) electrons. The highest BCUT2D eigenvalue weighted by Gasteiger charge is 2.15. The number of aryl methyl sites for hydroxylation is 1. The lowest BCUT2D eigenvalue weighted by molar-refractivity contribution is 0.568. The molecule has 0 fully saturated rings. The number of rotatable bonds is 8. The van der Waals surface area contributed by atoms with Crippen LogP contribution in [0.4, 0.5) is 0 Å². The zero-order chi connectivity index (χ0) is 16.9. The van der Waals surface area contributed by atoms with Crippen LogP contribution in [0.1, 0.15) is 34.7 Å². The third-order valence-electron chi connectivity index (χ3n) is 3.29. The van der Waals surface area contributed by atoms with Crippen molar-refractivity contribution in [3.8, 4) is 0 Å². The van der Waals surface area contributed by atoms with Crippen LogP contribution in [-0.2, 0) is 28.9 Å². The Morgan fingerprint density at radius 1 is 1.04 bits per heavy atom. The van der Waals surface area contributed by atoms with Gasteiger partial charge in [0.05, 0.1) is 5.75 Å². The van der Waals surface area contributed by atoms with E-state index in [4.69, 9.17) is 0 Å². The molecular formula is C17H24N2O2S2. The highest BCUT2D eigenvalue weighted by Crippen LogP contribution is 2.16. The van der Waals surface area contributed by atoms with Crippen molar-refractivity contribution in [2.75, 3.05) is 0 Å². The summed E-state index contributed by atoms with van der Waals surface area (Å²) in [6.07, 6.45) is 0. The molecule has 0 saturated heterocycles. The van der Waals surface area contributed by atoms with Gasteiger partial charge in [0.25, 0.3) is 0 Å². The molecule has 2 aromatic rings. The van der Waals surface area contributed by atoms with Crippen LogP contribution in [0.3, 0.4) is 0 Å². The lowest BCUT2D eigenvalue weighted by Crippen LogP contribution is -2.31. The highest BCUT2D eigenvalue weighted by molar-refractivity contribution is 7.88. The van der Waals surface area contributed by atoms with E-state index in [1.807, 2.05) is 38.1 Å². The normalized spacial score (nSPS) is 12.0. The van der Waals surface area contributed by atoms with Crippen LogP contribution in [0.25, 0.3) is 0 Å². The second kappa shape index (κ2) is 8.06. The zero-order valence-electron chi connectivity index (χ0n) is 13.8. The van der Waals surface area contributed by atoms with Crippen LogP contribution in [0.15, 0.2) is 36.4 Å². The molecule has 1 aromatic carbocycles. The Kier molecular flexibility index (Phi) is 6.35. The highest BCUT2D eigenvalue weighted by atomic mass is 32.2. The third kappa shape index (κ3) is 6.06. The van der Waals surface area contributed by atoms with Crippen molar-refractivity contribution in [3.63, 3.8) is 0 Å². The molecule has 126 valence electrons. The first kappa shape index (κ1) is 18.1. The van der Waals surface area contributed by atoms with E-state index in [2.05, 4.69) is 29.1 Å². The van der Waals surface area contributed by atoms with Crippen molar-refractivity contribution >= 4 is 21.4 Å². The summed E-state index contributed by atoms with van der Waals surface area (Å²) in [7, 11) is -3.31. The first-order chi connectivity index (χ1) is 10.9. The van der Waals surface area contributed by atoms with E-state index < -0.39 is 10.0 Å². The summed E-state index contributed by atoms with van der Waals surface area (Å²) in [5, 5.41) is 3.39. The number of sulfonamides is 1. The molecule has 0 amide bonds. The summed E-state index contributed by atoms with van der Waals surface area (Å²) < 4.78 is 26.9. The molecule has 0 spiro atoms. The molecule has 0 bridgehead atoms. The number of hydrogen-bond donors (Lipinski definition) is 2. The quantitative estimate of drug-likeness (QED) is 0.767. The number of hydrogen-bond acceptors (Lipinski definition) is 4. The van der Waals surface area contributed by atoms with E-state index in [9.17, 15) is 8.42 Å². The summed E-state index contributed by atoms with van der Waals surface area (Å²) in [5.41, 5.74) is 1.87. The Bertz CT molecular complexity index is 737. The van der Waals surface area contributed by atoms with Gasteiger partial charge in [-0.3, -0.25) is 0 Å². The Morgan fingerprint density at radius 3 is 2.35 bits per heavy atom. The number of benzene rings is 1. The summed E-state index contributed by atoms with van der Waals surface area (Å²) in [6, 6.07) is 11.8. The van der Waals surface area contributed by atoms with Crippen LogP contribution in [0.5, 0.6) is 0 Å². The maximum atomic E-state index is 12.1. The molecule has 2 N–H and O–H groups in total. The smallest absolute Gasteiger partial charge is 0.216 e. The van der Waals surface area contributed by atoms with Gasteiger partial charge in [-0.15, -0.1) is 11.3 Å². The van der Waals surface area contributed by atoms with E-state index in [-0.39, 0.29) is 11.8 Å². The Balaban J connectivity index is 1.99. The molecule has 1 heterocycles. The van der Waals surface area contributed by atoms with Crippen molar-refractivity contribution in [3.05, 3.63) is 57.3 Å². The maximum absolute atomic E-state index is 12.1. The van der Waals surface area contributed by atoms with E-state index >= 15 is 0 Å². The fourth-order valence-corrected chi connectivity index (χ4v) is 4.73. The number of thiophene rings is 1. The van der Waals surface area contributed by atoms with Crippen LogP contribution in [-0.4, -0.2) is 14.5 Å². The predicted molar refractivity (Wildman–Crippen MR) is 96.9 cm³/mol. The Labute approximate surface area is 143 Å². The van der Waals surface area contributed by atoms with Crippen LogP contribution < -0.4 is 10.0 Å². The molecule has 0 saturated carbocycles.